The van der Waals surface area contributed by atoms with E-state index in [-0.39, 0.29) is 17.4 Å². The van der Waals surface area contributed by atoms with Gasteiger partial charge >= 0.3 is 0 Å². The van der Waals surface area contributed by atoms with E-state index in [9.17, 15) is 14.7 Å². The van der Waals surface area contributed by atoms with Crippen LogP contribution in [0.25, 0.3) is 16.5 Å². The lowest BCUT2D eigenvalue weighted by Crippen LogP contribution is -2.68. The van der Waals surface area contributed by atoms with E-state index in [0.717, 1.165) is 36.1 Å². The molecular weight excluding hydrogens is 472 g/mol. The molecule has 2 bridgehead atoms. The van der Waals surface area contributed by atoms with Gasteiger partial charge in [-0.2, -0.15) is 5.10 Å². The van der Waals surface area contributed by atoms with Crippen LogP contribution in [0.5, 0.6) is 11.5 Å². The number of nitrogens with one attached hydrogen (secondary N) is 1. The molecule has 1 aliphatic heterocycles. The number of hydrogen-bond donors (Lipinski definition) is 2. The van der Waals surface area contributed by atoms with E-state index in [2.05, 4.69) is 10.4 Å². The molecule has 8 rings (SSSR count). The van der Waals surface area contributed by atoms with E-state index < -0.39 is 5.60 Å². The molecule has 4 heterocycles. The van der Waals surface area contributed by atoms with Gasteiger partial charge in [0.2, 0.25) is 0 Å². The first-order chi connectivity index (χ1) is 17.6. The molecule has 2 amide bonds. The summed E-state index contributed by atoms with van der Waals surface area (Å²) < 4.78 is 13.8. The molecule has 190 valence electrons. The third-order valence-electron chi connectivity index (χ3n) is 8.18. The first kappa shape index (κ1) is 22.4. The number of nitrogens with zero attached hydrogens (tertiary/aromatic N) is 3. The largest absolute Gasteiger partial charge is 0.460 e. The topological polar surface area (TPSA) is 109 Å². The highest BCUT2D eigenvalue weighted by atomic mass is 16.5. The molecule has 2 N–H and O–H groups in total. The number of ether oxygens (including phenoxy) is 1. The monoisotopic (exact) mass is 500 g/mol. The molecule has 0 radical (unpaired) electrons. The minimum absolute atomic E-state index is 0.00370. The van der Waals surface area contributed by atoms with Crippen molar-refractivity contribution < 1.29 is 23.8 Å². The SMILES string of the molecule is Cc1oc2cc(Oc3ccnn4cc(C(=O)N5CC(C)(O)C5)c(C)c34)ccc2c1C(=O)NC12CC(C1)C2. The second-order valence-corrected chi connectivity index (χ2v) is 11.3. The maximum atomic E-state index is 13.0. The molecule has 9 nitrogen and oxygen atoms in total. The Balaban J connectivity index is 1.17. The summed E-state index contributed by atoms with van der Waals surface area (Å²) in [7, 11) is 0. The summed E-state index contributed by atoms with van der Waals surface area (Å²) in [6.45, 7) is 6.00. The minimum atomic E-state index is -0.837. The summed E-state index contributed by atoms with van der Waals surface area (Å²) in [5.74, 6) is 2.24. The van der Waals surface area contributed by atoms with Crippen LogP contribution in [0.2, 0.25) is 0 Å². The van der Waals surface area contributed by atoms with Gasteiger partial charge < -0.3 is 24.5 Å². The van der Waals surface area contributed by atoms with E-state index in [4.69, 9.17) is 9.15 Å². The van der Waals surface area contributed by atoms with Gasteiger partial charge in [-0.15, -0.1) is 0 Å². The zero-order valence-corrected chi connectivity index (χ0v) is 21.0. The standard InChI is InChI=1S/C28H28N4O5/c1-15-20(26(34)31-13-27(3,35)14-31)12-32-24(15)21(6-7-29-32)37-18-4-5-19-22(8-18)36-16(2)23(19)25(33)30-28-9-17(10-28)11-28/h4-8,12,17,35H,9-11,13-14H2,1-3H3,(H,30,33). The molecule has 0 spiro atoms. The van der Waals surface area contributed by atoms with Crippen LogP contribution in [-0.2, 0) is 0 Å². The number of aromatic nitrogens is 2. The first-order valence-electron chi connectivity index (χ1n) is 12.6. The summed E-state index contributed by atoms with van der Waals surface area (Å²) in [5.41, 5.74) is 2.28. The number of carbonyl (C=O) groups is 2. The van der Waals surface area contributed by atoms with E-state index >= 15 is 0 Å². The maximum Gasteiger partial charge on any atom is 0.255 e. The van der Waals surface area contributed by atoms with E-state index in [0.29, 0.717) is 52.6 Å². The van der Waals surface area contributed by atoms with E-state index in [1.54, 1.807) is 40.9 Å². The quantitative estimate of drug-likeness (QED) is 0.429. The van der Waals surface area contributed by atoms with Crippen LogP contribution in [0.3, 0.4) is 0 Å². The van der Waals surface area contributed by atoms with Crippen LogP contribution in [0, 0.1) is 19.8 Å². The van der Waals surface area contributed by atoms with Gasteiger partial charge in [-0.05, 0) is 63.6 Å². The van der Waals surface area contributed by atoms with Crippen molar-refractivity contribution in [3.05, 3.63) is 59.1 Å². The zero-order chi connectivity index (χ0) is 25.7. The third-order valence-corrected chi connectivity index (χ3v) is 8.18. The predicted molar refractivity (Wildman–Crippen MR) is 135 cm³/mol. The predicted octanol–water partition coefficient (Wildman–Crippen LogP) is 3.98. The smallest absolute Gasteiger partial charge is 0.255 e. The number of amides is 2. The highest BCUT2D eigenvalue weighted by molar-refractivity contribution is 6.08. The van der Waals surface area contributed by atoms with Gasteiger partial charge in [0, 0.05) is 29.3 Å². The highest BCUT2D eigenvalue weighted by Gasteiger charge is 2.57. The van der Waals surface area contributed by atoms with Gasteiger partial charge in [0.05, 0.1) is 36.0 Å². The van der Waals surface area contributed by atoms with Crippen molar-refractivity contribution in [1.82, 2.24) is 19.8 Å². The van der Waals surface area contributed by atoms with Crippen molar-refractivity contribution >= 4 is 28.3 Å². The molecule has 4 aliphatic rings. The Kier molecular flexibility index (Phi) is 4.44. The van der Waals surface area contributed by atoms with Crippen LogP contribution < -0.4 is 10.1 Å². The Morgan fingerprint density at radius 3 is 2.62 bits per heavy atom. The van der Waals surface area contributed by atoms with E-state index in [1.807, 2.05) is 26.0 Å². The average molecular weight is 501 g/mol. The Hall–Kier alpha value is -3.85. The van der Waals surface area contributed by atoms with Gasteiger partial charge in [-0.3, -0.25) is 9.59 Å². The van der Waals surface area contributed by atoms with Crippen LogP contribution in [0.4, 0.5) is 0 Å². The van der Waals surface area contributed by atoms with Crippen LogP contribution in [0.15, 0.2) is 41.1 Å². The number of aryl methyl sites for hydroxylation is 2. The average Bonchev–Trinajstić information content (AvgIpc) is 3.29. The number of benzene rings is 1. The molecule has 9 heteroatoms. The van der Waals surface area contributed by atoms with E-state index in [1.165, 1.54) is 0 Å². The number of β-amino-alcohol motifs (C(OH)–C–C–N with tert-alkyl or cyclic N) is 1. The fourth-order valence-corrected chi connectivity index (χ4v) is 6.22. The van der Waals surface area contributed by atoms with Gasteiger partial charge in [0.1, 0.15) is 22.6 Å². The Morgan fingerprint density at radius 2 is 1.95 bits per heavy atom. The molecule has 3 aromatic heterocycles. The molecule has 1 saturated heterocycles. The lowest BCUT2D eigenvalue weighted by atomic mass is 9.50. The van der Waals surface area contributed by atoms with Gasteiger partial charge in [-0.1, -0.05) is 0 Å². The van der Waals surface area contributed by atoms with Crippen molar-refractivity contribution in [3.8, 4) is 11.5 Å². The van der Waals surface area contributed by atoms with Crippen LogP contribution >= 0.6 is 0 Å². The summed E-state index contributed by atoms with van der Waals surface area (Å²) >= 11 is 0. The van der Waals surface area contributed by atoms with Crippen molar-refractivity contribution in [2.45, 2.75) is 51.2 Å². The molecule has 4 fully saturated rings. The molecule has 3 aliphatic carbocycles. The van der Waals surface area contributed by atoms with Gasteiger partial charge in [-0.25, -0.2) is 4.52 Å². The maximum absolute atomic E-state index is 13.0. The lowest BCUT2D eigenvalue weighted by Gasteiger charge is -2.61. The number of fused-ring (bicyclic) bond motifs is 2. The number of aliphatic hydroxyl groups is 1. The zero-order valence-electron chi connectivity index (χ0n) is 21.0. The van der Waals surface area contributed by atoms with Gasteiger partial charge in [0.25, 0.3) is 11.8 Å². The van der Waals surface area contributed by atoms with Crippen LogP contribution in [0.1, 0.15) is 58.2 Å². The Morgan fingerprint density at radius 1 is 1.19 bits per heavy atom. The van der Waals surface area contributed by atoms with Crippen LogP contribution in [-0.4, -0.2) is 55.7 Å². The fraction of sp³-hybridized carbons (Fsp3) is 0.393. The number of likely N-dealkylation sites (tertiary alicyclic amines) is 1. The number of hydrogen-bond acceptors (Lipinski definition) is 6. The van der Waals surface area contributed by atoms with Crippen molar-refractivity contribution in [1.29, 1.82) is 0 Å². The summed E-state index contributed by atoms with van der Waals surface area (Å²) in [4.78, 5) is 27.7. The molecule has 1 aromatic carbocycles. The fourth-order valence-electron chi connectivity index (χ4n) is 6.22. The van der Waals surface area contributed by atoms with Gasteiger partial charge in [0.15, 0.2) is 5.75 Å². The summed E-state index contributed by atoms with van der Waals surface area (Å²) in [5, 5.41) is 18.4. The lowest BCUT2D eigenvalue weighted by molar-refractivity contribution is -0.0669. The Bertz CT molecular complexity index is 1610. The number of rotatable bonds is 5. The number of carbonyl (C=O) groups excluding carboxylic acids is 2. The Labute approximate surface area is 213 Å². The molecule has 37 heavy (non-hydrogen) atoms. The summed E-state index contributed by atoms with van der Waals surface area (Å²) in [6, 6.07) is 7.21. The third kappa shape index (κ3) is 3.37. The van der Waals surface area contributed by atoms with Crippen molar-refractivity contribution in [2.24, 2.45) is 5.92 Å². The van der Waals surface area contributed by atoms with Crippen molar-refractivity contribution in [3.63, 3.8) is 0 Å². The summed E-state index contributed by atoms with van der Waals surface area (Å²) in [6.07, 6.45) is 6.56. The second kappa shape index (κ2) is 7.35. The van der Waals surface area contributed by atoms with Crippen molar-refractivity contribution in [2.75, 3.05) is 13.1 Å². The molecule has 0 unspecified atom stereocenters. The first-order valence-corrected chi connectivity index (χ1v) is 12.6. The minimum Gasteiger partial charge on any atom is -0.460 e. The number of furan rings is 1. The molecular formula is C28H28N4O5. The highest BCUT2D eigenvalue weighted by Crippen LogP contribution is 2.57. The normalized spacial score (nSPS) is 23.4. The molecule has 4 aromatic rings. The second-order valence-electron chi connectivity index (χ2n) is 11.3. The molecule has 3 saturated carbocycles. The molecule has 0 atom stereocenters.